The van der Waals surface area contributed by atoms with E-state index in [1.54, 1.807) is 18.0 Å². The largest absolute Gasteiger partial charge is 0.356 e. The number of carbonyl (C=O) groups excluding carboxylic acids is 2. The van der Waals surface area contributed by atoms with E-state index in [1.807, 2.05) is 54.4 Å². The molecular formula is C22H25N3O2S. The molecule has 2 amide bonds. The molecule has 0 radical (unpaired) electrons. The molecule has 1 N–H and O–H groups in total. The minimum absolute atomic E-state index is 0.0619. The van der Waals surface area contributed by atoms with Crippen molar-refractivity contribution >= 4 is 23.6 Å². The number of nitrogens with zero attached hydrogens (tertiary/aromatic N) is 2. The zero-order valence-corrected chi connectivity index (χ0v) is 16.8. The van der Waals surface area contributed by atoms with Gasteiger partial charge in [0.25, 0.3) is 5.91 Å². The molecule has 5 nitrogen and oxygen atoms in total. The SMILES string of the molecule is CN(C(=O)c1ccc(CSc2ccccn2)cc1)[C@H]1C[C@H]2CNC(=O)C[C@H]2C1. The van der Waals surface area contributed by atoms with Gasteiger partial charge in [-0.1, -0.05) is 18.2 Å². The van der Waals surface area contributed by atoms with Gasteiger partial charge in [0.2, 0.25) is 5.91 Å². The Morgan fingerprint density at radius 1 is 1.18 bits per heavy atom. The second-order valence-electron chi connectivity index (χ2n) is 7.72. The van der Waals surface area contributed by atoms with E-state index in [0.717, 1.165) is 35.7 Å². The van der Waals surface area contributed by atoms with Crippen molar-refractivity contribution in [1.82, 2.24) is 15.2 Å². The number of piperidine rings is 1. The fourth-order valence-corrected chi connectivity index (χ4v) is 5.07. The molecule has 2 aromatic rings. The molecule has 2 fully saturated rings. The predicted molar refractivity (Wildman–Crippen MR) is 110 cm³/mol. The van der Waals surface area contributed by atoms with Crippen molar-refractivity contribution in [2.24, 2.45) is 11.8 Å². The number of hydrogen-bond donors (Lipinski definition) is 1. The monoisotopic (exact) mass is 395 g/mol. The summed E-state index contributed by atoms with van der Waals surface area (Å²) in [6, 6.07) is 14.0. The summed E-state index contributed by atoms with van der Waals surface area (Å²) in [6.07, 6.45) is 4.31. The summed E-state index contributed by atoms with van der Waals surface area (Å²) < 4.78 is 0. The third kappa shape index (κ3) is 4.22. The predicted octanol–water partition coefficient (Wildman–Crippen LogP) is 3.36. The Balaban J connectivity index is 1.34. The lowest BCUT2D eigenvalue weighted by Crippen LogP contribution is -2.38. The molecule has 1 saturated heterocycles. The number of pyridine rings is 1. The van der Waals surface area contributed by atoms with Crippen LogP contribution in [0.2, 0.25) is 0 Å². The molecule has 0 spiro atoms. The zero-order chi connectivity index (χ0) is 19.5. The van der Waals surface area contributed by atoms with Crippen LogP contribution in [-0.4, -0.2) is 41.3 Å². The third-order valence-electron chi connectivity index (χ3n) is 5.92. The highest BCUT2D eigenvalue weighted by atomic mass is 32.2. The van der Waals surface area contributed by atoms with Crippen molar-refractivity contribution in [3.8, 4) is 0 Å². The normalized spacial score (nSPS) is 23.8. The van der Waals surface area contributed by atoms with Gasteiger partial charge < -0.3 is 10.2 Å². The summed E-state index contributed by atoms with van der Waals surface area (Å²) in [5.74, 6) is 1.96. The highest BCUT2D eigenvalue weighted by molar-refractivity contribution is 7.98. The van der Waals surface area contributed by atoms with Gasteiger partial charge in [-0.3, -0.25) is 9.59 Å². The lowest BCUT2D eigenvalue weighted by Gasteiger charge is -2.25. The lowest BCUT2D eigenvalue weighted by molar-refractivity contribution is -0.124. The first-order valence-electron chi connectivity index (χ1n) is 9.77. The van der Waals surface area contributed by atoms with Crippen molar-refractivity contribution in [3.05, 3.63) is 59.8 Å². The van der Waals surface area contributed by atoms with Crippen LogP contribution in [-0.2, 0) is 10.5 Å². The molecule has 2 aliphatic rings. The van der Waals surface area contributed by atoms with Crippen LogP contribution in [0, 0.1) is 11.8 Å². The van der Waals surface area contributed by atoms with Crippen LogP contribution < -0.4 is 5.32 Å². The second kappa shape index (κ2) is 8.35. The number of nitrogens with one attached hydrogen (secondary N) is 1. The molecule has 2 heterocycles. The smallest absolute Gasteiger partial charge is 0.253 e. The third-order valence-corrected chi connectivity index (χ3v) is 6.93. The van der Waals surface area contributed by atoms with Gasteiger partial charge in [0.15, 0.2) is 0 Å². The van der Waals surface area contributed by atoms with Gasteiger partial charge in [0.05, 0.1) is 5.03 Å². The number of fused-ring (bicyclic) bond motifs is 1. The molecule has 28 heavy (non-hydrogen) atoms. The van der Waals surface area contributed by atoms with Crippen LogP contribution in [0.5, 0.6) is 0 Å². The first-order valence-corrected chi connectivity index (χ1v) is 10.8. The first-order chi connectivity index (χ1) is 13.6. The number of aromatic nitrogens is 1. The Morgan fingerprint density at radius 2 is 1.96 bits per heavy atom. The van der Waals surface area contributed by atoms with Crippen molar-refractivity contribution in [1.29, 1.82) is 0 Å². The van der Waals surface area contributed by atoms with Crippen LogP contribution in [0.4, 0.5) is 0 Å². The highest BCUT2D eigenvalue weighted by Gasteiger charge is 2.40. The van der Waals surface area contributed by atoms with Crippen molar-refractivity contribution in [3.63, 3.8) is 0 Å². The van der Waals surface area contributed by atoms with Crippen LogP contribution >= 0.6 is 11.8 Å². The molecular weight excluding hydrogens is 370 g/mol. The van der Waals surface area contributed by atoms with E-state index in [4.69, 9.17) is 0 Å². The number of thioether (sulfide) groups is 1. The Kier molecular flexibility index (Phi) is 5.67. The molecule has 0 bridgehead atoms. The number of rotatable bonds is 5. The maximum atomic E-state index is 12.9. The van der Waals surface area contributed by atoms with E-state index in [1.165, 1.54) is 5.56 Å². The summed E-state index contributed by atoms with van der Waals surface area (Å²) in [7, 11) is 1.89. The molecule has 3 atom stereocenters. The van der Waals surface area contributed by atoms with Gasteiger partial charge in [-0.25, -0.2) is 4.98 Å². The van der Waals surface area contributed by atoms with Gasteiger partial charge in [0.1, 0.15) is 0 Å². The van der Waals surface area contributed by atoms with Crippen molar-refractivity contribution in [2.45, 2.75) is 36.1 Å². The molecule has 146 valence electrons. The quantitative estimate of drug-likeness (QED) is 0.789. The standard InChI is InChI=1S/C22H25N3O2S/c1-25(19-10-17-12-20(26)24-13-18(17)11-19)22(27)16-7-5-15(6-8-16)14-28-21-4-2-3-9-23-21/h2-9,17-19H,10-14H2,1H3,(H,24,26)/t17-,18+,19-/m1/s1. The maximum Gasteiger partial charge on any atom is 0.253 e. The average molecular weight is 396 g/mol. The lowest BCUT2D eigenvalue weighted by atomic mass is 9.89. The Morgan fingerprint density at radius 3 is 2.71 bits per heavy atom. The molecule has 0 unspecified atom stereocenters. The Labute approximate surface area is 169 Å². The molecule has 1 aliphatic carbocycles. The molecule has 4 rings (SSSR count). The van der Waals surface area contributed by atoms with Gasteiger partial charge in [-0.05, 0) is 54.5 Å². The van der Waals surface area contributed by atoms with E-state index in [-0.39, 0.29) is 17.9 Å². The fourth-order valence-electron chi connectivity index (χ4n) is 4.25. The van der Waals surface area contributed by atoms with E-state index in [0.29, 0.717) is 18.3 Å². The van der Waals surface area contributed by atoms with Gasteiger partial charge in [-0.2, -0.15) is 0 Å². The average Bonchev–Trinajstić information content (AvgIpc) is 3.15. The van der Waals surface area contributed by atoms with Crippen LogP contribution in [0.25, 0.3) is 0 Å². The van der Waals surface area contributed by atoms with Crippen LogP contribution in [0.1, 0.15) is 35.2 Å². The topological polar surface area (TPSA) is 62.3 Å². The van der Waals surface area contributed by atoms with Crippen LogP contribution in [0.15, 0.2) is 53.7 Å². The Hall–Kier alpha value is -2.34. The van der Waals surface area contributed by atoms with Crippen molar-refractivity contribution in [2.75, 3.05) is 13.6 Å². The first kappa shape index (κ1) is 19.0. The second-order valence-corrected chi connectivity index (χ2v) is 8.72. The number of carbonyl (C=O) groups is 2. The number of amides is 2. The summed E-state index contributed by atoms with van der Waals surface area (Å²) in [6.45, 7) is 0.755. The molecule has 1 aromatic heterocycles. The van der Waals surface area contributed by atoms with Crippen molar-refractivity contribution < 1.29 is 9.59 Å². The molecule has 6 heteroatoms. The number of hydrogen-bond acceptors (Lipinski definition) is 4. The maximum absolute atomic E-state index is 12.9. The van der Waals surface area contributed by atoms with Crippen LogP contribution in [0.3, 0.4) is 0 Å². The molecule has 1 aromatic carbocycles. The van der Waals surface area contributed by atoms with Gasteiger partial charge in [0, 0.05) is 43.6 Å². The Bertz CT molecular complexity index is 841. The van der Waals surface area contributed by atoms with E-state index in [9.17, 15) is 9.59 Å². The minimum atomic E-state index is 0.0619. The summed E-state index contributed by atoms with van der Waals surface area (Å²) >= 11 is 1.69. The number of benzene rings is 1. The molecule has 1 saturated carbocycles. The highest BCUT2D eigenvalue weighted by Crippen LogP contribution is 2.38. The summed E-state index contributed by atoms with van der Waals surface area (Å²) in [4.78, 5) is 30.7. The minimum Gasteiger partial charge on any atom is -0.356 e. The van der Waals surface area contributed by atoms with E-state index in [2.05, 4.69) is 10.3 Å². The van der Waals surface area contributed by atoms with Gasteiger partial charge in [-0.15, -0.1) is 11.8 Å². The summed E-state index contributed by atoms with van der Waals surface area (Å²) in [5.41, 5.74) is 1.89. The van der Waals surface area contributed by atoms with E-state index >= 15 is 0 Å². The zero-order valence-electron chi connectivity index (χ0n) is 16.0. The van der Waals surface area contributed by atoms with E-state index < -0.39 is 0 Å². The fraction of sp³-hybridized carbons (Fsp3) is 0.409. The van der Waals surface area contributed by atoms with Gasteiger partial charge >= 0.3 is 0 Å². The summed E-state index contributed by atoms with van der Waals surface area (Å²) in [5, 5.41) is 3.95. The molecule has 1 aliphatic heterocycles.